The Hall–Kier alpha value is -1.73. The lowest BCUT2D eigenvalue weighted by molar-refractivity contribution is -0.141. The number of halogens is 3. The van der Waals surface area contributed by atoms with Crippen LogP contribution in [-0.2, 0) is 12.7 Å². The molecule has 1 rings (SSSR count). The van der Waals surface area contributed by atoms with E-state index in [0.717, 1.165) is 10.7 Å². The average Bonchev–Trinajstić information content (AvgIpc) is 2.64. The van der Waals surface area contributed by atoms with Gasteiger partial charge in [-0.25, -0.2) is 4.79 Å². The number of aromatic nitrogens is 2. The van der Waals surface area contributed by atoms with Gasteiger partial charge in [0.25, 0.3) is 0 Å². The normalized spacial score (nSPS) is 11.7. The third-order valence-corrected chi connectivity index (χ3v) is 1.98. The van der Waals surface area contributed by atoms with Crippen molar-refractivity contribution in [3.63, 3.8) is 0 Å². The van der Waals surface area contributed by atoms with Crippen LogP contribution in [0.2, 0.25) is 0 Å². The summed E-state index contributed by atoms with van der Waals surface area (Å²) in [6.07, 6.45) is -3.21. The van der Waals surface area contributed by atoms with E-state index in [1.165, 1.54) is 6.20 Å². The molecule has 0 radical (unpaired) electrons. The maximum Gasteiger partial charge on any atom is 0.435 e. The molecule has 0 aliphatic carbocycles. The molecule has 2 N–H and O–H groups in total. The summed E-state index contributed by atoms with van der Waals surface area (Å²) in [6.45, 7) is 4.00. The molecule has 0 aromatic carbocycles. The van der Waals surface area contributed by atoms with Crippen LogP contribution < -0.4 is 10.6 Å². The summed E-state index contributed by atoms with van der Waals surface area (Å²) in [6, 6.07) is 0.550. The molecule has 0 spiro atoms. The Bertz CT molecular complexity index is 400. The quantitative estimate of drug-likeness (QED) is 0.868. The fraction of sp³-hybridized carbons (Fsp3) is 0.600. The number of hydrogen-bond donors (Lipinski definition) is 2. The van der Waals surface area contributed by atoms with E-state index in [2.05, 4.69) is 15.7 Å². The minimum Gasteiger partial charge on any atom is -0.336 e. The van der Waals surface area contributed by atoms with Gasteiger partial charge in [-0.2, -0.15) is 18.3 Å². The third kappa shape index (κ3) is 4.64. The number of carbonyl (C=O) groups is 1. The van der Waals surface area contributed by atoms with Crippen LogP contribution in [0.15, 0.2) is 12.3 Å². The molecule has 0 aliphatic rings. The Morgan fingerprint density at radius 3 is 2.67 bits per heavy atom. The summed E-state index contributed by atoms with van der Waals surface area (Å²) in [5.74, 6) is 0. The van der Waals surface area contributed by atoms with Crippen LogP contribution in [0.25, 0.3) is 0 Å². The van der Waals surface area contributed by atoms with Crippen LogP contribution in [-0.4, -0.2) is 28.4 Å². The zero-order chi connectivity index (χ0) is 13.8. The van der Waals surface area contributed by atoms with E-state index in [1.54, 1.807) is 0 Å². The molecule has 0 bridgehead atoms. The first-order valence-corrected chi connectivity index (χ1v) is 5.44. The highest BCUT2D eigenvalue weighted by molar-refractivity contribution is 5.73. The van der Waals surface area contributed by atoms with Crippen molar-refractivity contribution in [2.45, 2.75) is 32.6 Å². The summed E-state index contributed by atoms with van der Waals surface area (Å²) in [7, 11) is 0. The fourth-order valence-electron chi connectivity index (χ4n) is 1.23. The number of nitrogens with one attached hydrogen (secondary N) is 2. The molecular weight excluding hydrogens is 249 g/mol. The van der Waals surface area contributed by atoms with E-state index in [1.807, 2.05) is 13.8 Å². The molecule has 5 nitrogen and oxygen atoms in total. The predicted octanol–water partition coefficient (Wildman–Crippen LogP) is 1.61. The van der Waals surface area contributed by atoms with Crippen molar-refractivity contribution >= 4 is 6.03 Å². The Labute approximate surface area is 102 Å². The molecule has 1 aromatic rings. The first-order valence-electron chi connectivity index (χ1n) is 5.44. The number of rotatable bonds is 4. The minimum absolute atomic E-state index is 0.00605. The third-order valence-electron chi connectivity index (χ3n) is 1.98. The molecule has 18 heavy (non-hydrogen) atoms. The van der Waals surface area contributed by atoms with E-state index in [-0.39, 0.29) is 25.2 Å². The number of urea groups is 1. The molecule has 2 amide bonds. The maximum atomic E-state index is 12.2. The second-order valence-electron chi connectivity index (χ2n) is 4.02. The molecule has 0 fully saturated rings. The SMILES string of the molecule is CC(C)NC(=O)NCCn1ccc(C(F)(F)F)n1. The molecule has 0 saturated carbocycles. The van der Waals surface area contributed by atoms with Crippen molar-refractivity contribution in [2.24, 2.45) is 0 Å². The van der Waals surface area contributed by atoms with Crippen LogP contribution in [0.3, 0.4) is 0 Å². The highest BCUT2D eigenvalue weighted by atomic mass is 19.4. The number of amides is 2. The van der Waals surface area contributed by atoms with Gasteiger partial charge in [-0.3, -0.25) is 4.68 Å². The Balaban J connectivity index is 2.36. The van der Waals surface area contributed by atoms with Gasteiger partial charge < -0.3 is 10.6 Å². The molecule has 0 saturated heterocycles. The van der Waals surface area contributed by atoms with Crippen molar-refractivity contribution in [1.82, 2.24) is 20.4 Å². The van der Waals surface area contributed by atoms with Crippen molar-refractivity contribution in [1.29, 1.82) is 0 Å². The van der Waals surface area contributed by atoms with Gasteiger partial charge >= 0.3 is 12.2 Å². The first kappa shape index (κ1) is 14.3. The zero-order valence-corrected chi connectivity index (χ0v) is 10.1. The Morgan fingerprint density at radius 1 is 1.50 bits per heavy atom. The average molecular weight is 264 g/mol. The predicted molar refractivity (Wildman–Crippen MR) is 58.9 cm³/mol. The van der Waals surface area contributed by atoms with E-state index in [9.17, 15) is 18.0 Å². The Morgan fingerprint density at radius 2 is 2.17 bits per heavy atom. The van der Waals surface area contributed by atoms with E-state index >= 15 is 0 Å². The van der Waals surface area contributed by atoms with E-state index in [4.69, 9.17) is 0 Å². The van der Waals surface area contributed by atoms with Crippen LogP contribution in [0.4, 0.5) is 18.0 Å². The molecule has 0 unspecified atom stereocenters. The summed E-state index contributed by atoms with van der Waals surface area (Å²) in [5.41, 5.74) is -0.936. The smallest absolute Gasteiger partial charge is 0.336 e. The van der Waals surface area contributed by atoms with Gasteiger partial charge in [0.1, 0.15) is 0 Å². The van der Waals surface area contributed by atoms with Crippen LogP contribution >= 0.6 is 0 Å². The van der Waals surface area contributed by atoms with Gasteiger partial charge in [-0.05, 0) is 19.9 Å². The van der Waals surface area contributed by atoms with Gasteiger partial charge in [0, 0.05) is 18.8 Å². The number of carbonyl (C=O) groups excluding carboxylic acids is 1. The van der Waals surface area contributed by atoms with Gasteiger partial charge in [0.15, 0.2) is 5.69 Å². The van der Waals surface area contributed by atoms with Crippen LogP contribution in [0.5, 0.6) is 0 Å². The standard InChI is InChI=1S/C10H15F3N4O/c1-7(2)15-9(18)14-4-6-17-5-3-8(16-17)10(11,12)13/h3,5,7H,4,6H2,1-2H3,(H2,14,15,18). The molecule has 0 atom stereocenters. The number of alkyl halides is 3. The summed E-state index contributed by atoms with van der Waals surface area (Å²) < 4.78 is 37.9. The lowest BCUT2D eigenvalue weighted by Gasteiger charge is -2.10. The van der Waals surface area contributed by atoms with Gasteiger partial charge in [0.05, 0.1) is 6.54 Å². The van der Waals surface area contributed by atoms with Gasteiger partial charge in [-0.15, -0.1) is 0 Å². The molecule has 8 heteroatoms. The van der Waals surface area contributed by atoms with Crippen LogP contribution in [0.1, 0.15) is 19.5 Å². The fourth-order valence-corrected chi connectivity index (χ4v) is 1.23. The molecule has 102 valence electrons. The lowest BCUT2D eigenvalue weighted by Crippen LogP contribution is -2.40. The summed E-state index contributed by atoms with van der Waals surface area (Å²) >= 11 is 0. The molecular formula is C10H15F3N4O. The second kappa shape index (κ2) is 5.74. The van der Waals surface area contributed by atoms with Gasteiger partial charge in [-0.1, -0.05) is 0 Å². The first-order chi connectivity index (χ1) is 8.29. The number of nitrogens with zero attached hydrogens (tertiary/aromatic N) is 2. The van der Waals surface area contributed by atoms with Gasteiger partial charge in [0.2, 0.25) is 0 Å². The van der Waals surface area contributed by atoms with Crippen molar-refractivity contribution in [3.8, 4) is 0 Å². The minimum atomic E-state index is -4.44. The van der Waals surface area contributed by atoms with Crippen LogP contribution in [0, 0.1) is 0 Å². The molecule has 1 heterocycles. The molecule has 1 aromatic heterocycles. The second-order valence-corrected chi connectivity index (χ2v) is 4.02. The highest BCUT2D eigenvalue weighted by Gasteiger charge is 2.33. The van der Waals surface area contributed by atoms with Crippen molar-refractivity contribution in [3.05, 3.63) is 18.0 Å². The summed E-state index contributed by atoms with van der Waals surface area (Å²) in [5, 5.41) is 8.48. The maximum absolute atomic E-state index is 12.2. The largest absolute Gasteiger partial charge is 0.435 e. The van der Waals surface area contributed by atoms with Crippen molar-refractivity contribution < 1.29 is 18.0 Å². The lowest BCUT2D eigenvalue weighted by atomic mass is 10.4. The van der Waals surface area contributed by atoms with Crippen molar-refractivity contribution in [2.75, 3.05) is 6.54 Å². The monoisotopic (exact) mass is 264 g/mol. The Kier molecular flexibility index (Phi) is 4.57. The van der Waals surface area contributed by atoms with E-state index < -0.39 is 11.9 Å². The number of hydrogen-bond acceptors (Lipinski definition) is 2. The topological polar surface area (TPSA) is 59.0 Å². The zero-order valence-electron chi connectivity index (χ0n) is 10.1. The summed E-state index contributed by atoms with van der Waals surface area (Å²) in [4.78, 5) is 11.2. The van der Waals surface area contributed by atoms with E-state index in [0.29, 0.717) is 0 Å². The molecule has 0 aliphatic heterocycles. The highest BCUT2D eigenvalue weighted by Crippen LogP contribution is 2.26.